The average molecular weight is 325 g/mol. The molecule has 0 radical (unpaired) electrons. The molecule has 5 heteroatoms. The summed E-state index contributed by atoms with van der Waals surface area (Å²) >= 11 is 0. The summed E-state index contributed by atoms with van der Waals surface area (Å²) in [6.45, 7) is 3.59. The highest BCUT2D eigenvalue weighted by atomic mass is 19.1. The van der Waals surface area contributed by atoms with E-state index < -0.39 is 0 Å². The van der Waals surface area contributed by atoms with Crippen LogP contribution < -0.4 is 5.32 Å². The molecule has 1 amide bonds. The Hall–Kier alpha value is -2.01. The third-order valence-corrected chi connectivity index (χ3v) is 5.69. The highest BCUT2D eigenvalue weighted by Gasteiger charge is 2.39. The summed E-state index contributed by atoms with van der Waals surface area (Å²) in [6.07, 6.45) is 2.26. The quantitative estimate of drug-likeness (QED) is 0.923. The SMILES string of the molecule is O=C(c1cc(C2CC2)nc2ccc(F)cc12)N1C[C@H]2CNC[C@H]2C1. The number of amides is 1. The van der Waals surface area contributed by atoms with Crippen LogP contribution in [0.2, 0.25) is 0 Å². The molecule has 3 heterocycles. The number of aromatic nitrogens is 1. The van der Waals surface area contributed by atoms with Gasteiger partial charge in [-0.2, -0.15) is 0 Å². The molecule has 1 N–H and O–H groups in total. The summed E-state index contributed by atoms with van der Waals surface area (Å²) in [5.74, 6) is 1.29. The molecule has 0 unspecified atom stereocenters. The van der Waals surface area contributed by atoms with Crippen molar-refractivity contribution >= 4 is 16.8 Å². The monoisotopic (exact) mass is 325 g/mol. The Morgan fingerprint density at radius 2 is 1.92 bits per heavy atom. The molecule has 2 atom stereocenters. The first-order chi connectivity index (χ1) is 11.7. The second-order valence-electron chi connectivity index (χ2n) is 7.42. The maximum absolute atomic E-state index is 13.8. The molecule has 3 aliphatic rings. The van der Waals surface area contributed by atoms with Crippen molar-refractivity contribution in [1.82, 2.24) is 15.2 Å². The number of halogens is 1. The van der Waals surface area contributed by atoms with E-state index in [-0.39, 0.29) is 11.7 Å². The third-order valence-electron chi connectivity index (χ3n) is 5.69. The smallest absolute Gasteiger partial charge is 0.254 e. The number of likely N-dealkylation sites (tertiary alicyclic amines) is 1. The highest BCUT2D eigenvalue weighted by Crippen LogP contribution is 2.40. The molecular weight excluding hydrogens is 305 g/mol. The predicted molar refractivity (Wildman–Crippen MR) is 89.4 cm³/mol. The lowest BCUT2D eigenvalue weighted by atomic mass is 10.0. The van der Waals surface area contributed by atoms with Crippen molar-refractivity contribution in [3.05, 3.63) is 41.3 Å². The number of hydrogen-bond acceptors (Lipinski definition) is 3. The lowest BCUT2D eigenvalue weighted by Crippen LogP contribution is -2.32. The molecule has 1 aliphatic carbocycles. The maximum Gasteiger partial charge on any atom is 0.254 e. The van der Waals surface area contributed by atoms with Crippen LogP contribution in [0, 0.1) is 17.7 Å². The van der Waals surface area contributed by atoms with Crippen molar-refractivity contribution < 1.29 is 9.18 Å². The van der Waals surface area contributed by atoms with E-state index in [0.717, 1.165) is 50.2 Å². The minimum Gasteiger partial charge on any atom is -0.338 e. The Bertz CT molecular complexity index is 821. The van der Waals surface area contributed by atoms with Gasteiger partial charge in [-0.05, 0) is 48.9 Å². The predicted octanol–water partition coefficient (Wildman–Crippen LogP) is 2.54. The average Bonchev–Trinajstić information content (AvgIpc) is 3.21. The van der Waals surface area contributed by atoms with Crippen molar-refractivity contribution in [3.8, 4) is 0 Å². The second kappa shape index (κ2) is 5.24. The summed E-state index contributed by atoms with van der Waals surface area (Å²) in [7, 11) is 0. The van der Waals surface area contributed by atoms with Crippen LogP contribution in [0.3, 0.4) is 0 Å². The molecule has 0 spiro atoms. The molecular formula is C19H20FN3O. The van der Waals surface area contributed by atoms with Crippen molar-refractivity contribution in [2.24, 2.45) is 11.8 Å². The first-order valence-corrected chi connectivity index (χ1v) is 8.79. The van der Waals surface area contributed by atoms with E-state index >= 15 is 0 Å². The van der Waals surface area contributed by atoms with Gasteiger partial charge in [-0.1, -0.05) is 0 Å². The second-order valence-corrected chi connectivity index (χ2v) is 7.42. The van der Waals surface area contributed by atoms with Gasteiger partial charge in [0.15, 0.2) is 0 Å². The number of benzene rings is 1. The molecule has 3 fully saturated rings. The number of nitrogens with one attached hydrogen (secondary N) is 1. The highest BCUT2D eigenvalue weighted by molar-refractivity contribution is 6.06. The van der Waals surface area contributed by atoms with E-state index in [4.69, 9.17) is 0 Å². The molecule has 1 aromatic carbocycles. The maximum atomic E-state index is 13.8. The van der Waals surface area contributed by atoms with Gasteiger partial charge in [0.1, 0.15) is 5.82 Å². The first kappa shape index (κ1) is 14.3. The molecule has 4 nitrogen and oxygen atoms in total. The van der Waals surface area contributed by atoms with E-state index in [0.29, 0.717) is 28.7 Å². The fourth-order valence-corrected chi connectivity index (χ4v) is 4.18. The molecule has 2 saturated heterocycles. The van der Waals surface area contributed by atoms with Gasteiger partial charge in [0.2, 0.25) is 0 Å². The Labute approximate surface area is 140 Å². The van der Waals surface area contributed by atoms with Crippen LogP contribution in [0.25, 0.3) is 10.9 Å². The zero-order chi connectivity index (χ0) is 16.3. The molecule has 0 bridgehead atoms. The lowest BCUT2D eigenvalue weighted by molar-refractivity contribution is 0.0783. The van der Waals surface area contributed by atoms with Gasteiger partial charge in [-0.3, -0.25) is 9.78 Å². The van der Waals surface area contributed by atoms with Crippen molar-refractivity contribution in [2.45, 2.75) is 18.8 Å². The number of hydrogen-bond donors (Lipinski definition) is 1. The molecule has 24 heavy (non-hydrogen) atoms. The fourth-order valence-electron chi connectivity index (χ4n) is 4.18. The Kier molecular flexibility index (Phi) is 3.13. The molecule has 2 aromatic rings. The van der Waals surface area contributed by atoms with Gasteiger partial charge in [-0.15, -0.1) is 0 Å². The minimum atomic E-state index is -0.319. The zero-order valence-electron chi connectivity index (χ0n) is 13.5. The third kappa shape index (κ3) is 2.30. The summed E-state index contributed by atoms with van der Waals surface area (Å²) in [5.41, 5.74) is 2.33. The van der Waals surface area contributed by atoms with Crippen LogP contribution >= 0.6 is 0 Å². The normalized spacial score (nSPS) is 26.1. The van der Waals surface area contributed by atoms with Crippen molar-refractivity contribution in [3.63, 3.8) is 0 Å². The number of rotatable bonds is 2. The first-order valence-electron chi connectivity index (χ1n) is 8.79. The molecule has 1 aromatic heterocycles. The van der Waals surface area contributed by atoms with Crippen LogP contribution in [0.5, 0.6) is 0 Å². The van der Waals surface area contributed by atoms with Gasteiger partial charge in [0.05, 0.1) is 11.1 Å². The summed E-state index contributed by atoms with van der Waals surface area (Å²) < 4.78 is 13.8. The minimum absolute atomic E-state index is 0.0318. The number of carbonyl (C=O) groups excluding carboxylic acids is 1. The largest absolute Gasteiger partial charge is 0.338 e. The Balaban J connectivity index is 1.57. The van der Waals surface area contributed by atoms with Crippen molar-refractivity contribution in [2.75, 3.05) is 26.2 Å². The fraction of sp³-hybridized carbons (Fsp3) is 0.474. The summed E-state index contributed by atoms with van der Waals surface area (Å²) in [5, 5.41) is 4.03. The van der Waals surface area contributed by atoms with E-state index in [9.17, 15) is 9.18 Å². The van der Waals surface area contributed by atoms with Crippen LogP contribution in [-0.2, 0) is 0 Å². The topological polar surface area (TPSA) is 45.2 Å². The zero-order valence-corrected chi connectivity index (χ0v) is 13.5. The van der Waals surface area contributed by atoms with E-state index in [1.54, 1.807) is 6.07 Å². The van der Waals surface area contributed by atoms with Gasteiger partial charge < -0.3 is 10.2 Å². The van der Waals surface area contributed by atoms with Crippen LogP contribution in [0.4, 0.5) is 4.39 Å². The summed E-state index contributed by atoms with van der Waals surface area (Å²) in [4.78, 5) is 19.8. The van der Waals surface area contributed by atoms with Gasteiger partial charge in [0.25, 0.3) is 5.91 Å². The standard InChI is InChI=1S/C19H20FN3O/c20-14-3-4-17-15(5-14)16(6-18(22-17)11-1-2-11)19(24)23-9-12-7-21-8-13(12)10-23/h3-6,11-13,21H,1-2,7-10H2/t12-,13+. The number of fused-ring (bicyclic) bond motifs is 2. The number of carbonyl (C=O) groups is 1. The molecule has 1 saturated carbocycles. The van der Waals surface area contributed by atoms with E-state index in [2.05, 4.69) is 10.3 Å². The Morgan fingerprint density at radius 1 is 1.17 bits per heavy atom. The van der Waals surface area contributed by atoms with Crippen LogP contribution in [0.15, 0.2) is 24.3 Å². The van der Waals surface area contributed by atoms with E-state index in [1.165, 1.54) is 12.1 Å². The van der Waals surface area contributed by atoms with Gasteiger partial charge in [-0.25, -0.2) is 4.39 Å². The van der Waals surface area contributed by atoms with Crippen molar-refractivity contribution in [1.29, 1.82) is 0 Å². The van der Waals surface area contributed by atoms with Crippen LogP contribution in [-0.4, -0.2) is 42.0 Å². The lowest BCUT2D eigenvalue weighted by Gasteiger charge is -2.19. The number of pyridine rings is 1. The number of nitrogens with zero attached hydrogens (tertiary/aromatic N) is 2. The summed E-state index contributed by atoms with van der Waals surface area (Å²) in [6, 6.07) is 6.47. The molecule has 5 rings (SSSR count). The Morgan fingerprint density at radius 3 is 2.62 bits per heavy atom. The van der Waals surface area contributed by atoms with E-state index in [1.807, 2.05) is 11.0 Å². The van der Waals surface area contributed by atoms with Gasteiger partial charge in [0, 0.05) is 43.2 Å². The van der Waals surface area contributed by atoms with Gasteiger partial charge >= 0.3 is 0 Å². The molecule has 2 aliphatic heterocycles. The molecule has 124 valence electrons. The van der Waals surface area contributed by atoms with Crippen LogP contribution in [0.1, 0.15) is 34.8 Å².